The van der Waals surface area contributed by atoms with Gasteiger partial charge in [0.15, 0.2) is 0 Å². The highest BCUT2D eigenvalue weighted by molar-refractivity contribution is 5.17. The molecule has 5 heteroatoms. The van der Waals surface area contributed by atoms with Crippen LogP contribution in [0.15, 0.2) is 40.8 Å². The Kier molecular flexibility index (Phi) is 4.87. The van der Waals surface area contributed by atoms with Crippen molar-refractivity contribution in [2.24, 2.45) is 0 Å². The van der Waals surface area contributed by atoms with Crippen LogP contribution in [0.1, 0.15) is 17.1 Å². The van der Waals surface area contributed by atoms with E-state index in [1.54, 1.807) is 18.2 Å². The maximum Gasteiger partial charge on any atom is 0.129 e. The van der Waals surface area contributed by atoms with E-state index in [0.717, 1.165) is 24.4 Å². The number of aliphatic hydroxyl groups is 1. The molecule has 0 unspecified atom stereocenters. The molecule has 3 rings (SSSR count). The standard InChI is InChI=1S/C17H20FNO3/c18-14-3-1-2-13(8-14)9-17-11-19(6-7-21-17)10-15-4-5-16(12-20)22-15/h1-5,8,17,20H,6-7,9-12H2/t17-/m1/s1. The molecule has 1 aromatic heterocycles. The lowest BCUT2D eigenvalue weighted by molar-refractivity contribution is -0.0324. The van der Waals surface area contributed by atoms with Crippen molar-refractivity contribution in [1.82, 2.24) is 4.90 Å². The maximum absolute atomic E-state index is 13.2. The predicted octanol–water partition coefficient (Wildman–Crippen LogP) is 2.35. The zero-order chi connectivity index (χ0) is 15.4. The number of morpholine rings is 1. The summed E-state index contributed by atoms with van der Waals surface area (Å²) in [5.41, 5.74) is 0.951. The van der Waals surface area contributed by atoms with E-state index in [0.29, 0.717) is 25.3 Å². The highest BCUT2D eigenvalue weighted by atomic mass is 19.1. The molecule has 0 saturated carbocycles. The van der Waals surface area contributed by atoms with Crippen LogP contribution in [-0.2, 0) is 24.3 Å². The minimum atomic E-state index is -0.211. The first-order valence-corrected chi connectivity index (χ1v) is 7.50. The van der Waals surface area contributed by atoms with Gasteiger partial charge in [0.05, 0.1) is 19.3 Å². The first kappa shape index (κ1) is 15.2. The lowest BCUT2D eigenvalue weighted by atomic mass is 10.1. The van der Waals surface area contributed by atoms with Crippen LogP contribution in [0, 0.1) is 5.82 Å². The molecule has 1 saturated heterocycles. The Morgan fingerprint density at radius 2 is 2.09 bits per heavy atom. The highest BCUT2D eigenvalue weighted by Crippen LogP contribution is 2.16. The Balaban J connectivity index is 1.57. The van der Waals surface area contributed by atoms with Crippen LogP contribution >= 0.6 is 0 Å². The van der Waals surface area contributed by atoms with E-state index in [4.69, 9.17) is 14.3 Å². The molecule has 0 bridgehead atoms. The van der Waals surface area contributed by atoms with E-state index >= 15 is 0 Å². The van der Waals surface area contributed by atoms with Crippen molar-refractivity contribution in [2.75, 3.05) is 19.7 Å². The number of ether oxygens (including phenoxy) is 1. The van der Waals surface area contributed by atoms with Crippen LogP contribution < -0.4 is 0 Å². The number of hydrogen-bond donors (Lipinski definition) is 1. The largest absolute Gasteiger partial charge is 0.462 e. The summed E-state index contributed by atoms with van der Waals surface area (Å²) in [6.45, 7) is 2.91. The summed E-state index contributed by atoms with van der Waals surface area (Å²) in [6, 6.07) is 10.3. The molecule has 2 heterocycles. The monoisotopic (exact) mass is 305 g/mol. The summed E-state index contributed by atoms with van der Waals surface area (Å²) in [6.07, 6.45) is 0.761. The summed E-state index contributed by atoms with van der Waals surface area (Å²) in [5.74, 6) is 1.22. The Morgan fingerprint density at radius 1 is 1.23 bits per heavy atom. The van der Waals surface area contributed by atoms with Gasteiger partial charge in [-0.15, -0.1) is 0 Å². The molecule has 118 valence electrons. The van der Waals surface area contributed by atoms with Gasteiger partial charge in [0.25, 0.3) is 0 Å². The molecule has 0 spiro atoms. The summed E-state index contributed by atoms with van der Waals surface area (Å²) < 4.78 is 24.5. The summed E-state index contributed by atoms with van der Waals surface area (Å²) >= 11 is 0. The zero-order valence-corrected chi connectivity index (χ0v) is 12.4. The normalized spacial score (nSPS) is 19.5. The third-order valence-corrected chi connectivity index (χ3v) is 3.83. The molecular formula is C17H20FNO3. The van der Waals surface area contributed by atoms with Crippen LogP contribution in [0.2, 0.25) is 0 Å². The smallest absolute Gasteiger partial charge is 0.129 e. The number of aliphatic hydroxyl groups excluding tert-OH is 1. The SMILES string of the molecule is OCc1ccc(CN2CCO[C@H](Cc3cccc(F)c3)C2)o1. The Morgan fingerprint density at radius 3 is 2.86 bits per heavy atom. The second-order valence-electron chi connectivity index (χ2n) is 5.59. The summed E-state index contributed by atoms with van der Waals surface area (Å²) in [4.78, 5) is 2.26. The van der Waals surface area contributed by atoms with E-state index in [1.165, 1.54) is 6.07 Å². The molecule has 0 aliphatic carbocycles. The fourth-order valence-electron chi connectivity index (χ4n) is 2.79. The minimum absolute atomic E-state index is 0.0582. The van der Waals surface area contributed by atoms with Gasteiger partial charge in [-0.3, -0.25) is 4.90 Å². The molecular weight excluding hydrogens is 285 g/mol. The van der Waals surface area contributed by atoms with Crippen molar-refractivity contribution in [3.8, 4) is 0 Å². The Hall–Kier alpha value is -1.69. The van der Waals surface area contributed by atoms with E-state index in [1.807, 2.05) is 12.1 Å². The molecule has 0 radical (unpaired) electrons. The van der Waals surface area contributed by atoms with Crippen LogP contribution in [0.4, 0.5) is 4.39 Å². The third-order valence-electron chi connectivity index (χ3n) is 3.83. The number of benzene rings is 1. The Labute approximate surface area is 129 Å². The van der Waals surface area contributed by atoms with Gasteiger partial charge in [-0.05, 0) is 36.2 Å². The lowest BCUT2D eigenvalue weighted by Crippen LogP contribution is -2.42. The lowest BCUT2D eigenvalue weighted by Gasteiger charge is -2.32. The molecule has 22 heavy (non-hydrogen) atoms. The second kappa shape index (κ2) is 7.05. The van der Waals surface area contributed by atoms with Gasteiger partial charge in [-0.25, -0.2) is 4.39 Å². The van der Waals surface area contributed by atoms with E-state index in [9.17, 15) is 4.39 Å². The van der Waals surface area contributed by atoms with E-state index < -0.39 is 0 Å². The summed E-state index contributed by atoms with van der Waals surface area (Å²) in [7, 11) is 0. The predicted molar refractivity (Wildman–Crippen MR) is 79.8 cm³/mol. The van der Waals surface area contributed by atoms with Gasteiger partial charge in [0.2, 0.25) is 0 Å². The number of nitrogens with zero attached hydrogens (tertiary/aromatic N) is 1. The third kappa shape index (κ3) is 3.94. The van der Waals surface area contributed by atoms with E-state index in [-0.39, 0.29) is 18.5 Å². The average Bonchev–Trinajstić information content (AvgIpc) is 2.95. The maximum atomic E-state index is 13.2. The van der Waals surface area contributed by atoms with Crippen LogP contribution in [-0.4, -0.2) is 35.8 Å². The second-order valence-corrected chi connectivity index (χ2v) is 5.59. The molecule has 1 fully saturated rings. The van der Waals surface area contributed by atoms with Crippen LogP contribution in [0.5, 0.6) is 0 Å². The van der Waals surface area contributed by atoms with Gasteiger partial charge in [0.1, 0.15) is 23.9 Å². The van der Waals surface area contributed by atoms with Crippen LogP contribution in [0.3, 0.4) is 0 Å². The first-order chi connectivity index (χ1) is 10.7. The molecule has 1 aliphatic rings. The minimum Gasteiger partial charge on any atom is -0.462 e. The van der Waals surface area contributed by atoms with Gasteiger partial charge >= 0.3 is 0 Å². The molecule has 1 aromatic carbocycles. The number of rotatable bonds is 5. The fourth-order valence-corrected chi connectivity index (χ4v) is 2.79. The van der Waals surface area contributed by atoms with Crippen molar-refractivity contribution >= 4 is 0 Å². The molecule has 2 aromatic rings. The molecule has 4 nitrogen and oxygen atoms in total. The van der Waals surface area contributed by atoms with Crippen molar-refractivity contribution in [1.29, 1.82) is 0 Å². The van der Waals surface area contributed by atoms with Gasteiger partial charge < -0.3 is 14.3 Å². The topological polar surface area (TPSA) is 45.8 Å². The Bertz CT molecular complexity index is 613. The fraction of sp³-hybridized carbons (Fsp3) is 0.412. The van der Waals surface area contributed by atoms with Gasteiger partial charge in [0, 0.05) is 13.1 Å². The molecule has 1 aliphatic heterocycles. The number of furan rings is 1. The first-order valence-electron chi connectivity index (χ1n) is 7.50. The van der Waals surface area contributed by atoms with Crippen molar-refractivity contribution in [3.05, 3.63) is 59.3 Å². The van der Waals surface area contributed by atoms with Crippen molar-refractivity contribution in [3.63, 3.8) is 0 Å². The highest BCUT2D eigenvalue weighted by Gasteiger charge is 2.21. The van der Waals surface area contributed by atoms with Crippen molar-refractivity contribution in [2.45, 2.75) is 25.7 Å². The quantitative estimate of drug-likeness (QED) is 0.921. The van der Waals surface area contributed by atoms with Gasteiger partial charge in [-0.2, -0.15) is 0 Å². The number of halogens is 1. The molecule has 0 amide bonds. The van der Waals surface area contributed by atoms with Gasteiger partial charge in [-0.1, -0.05) is 12.1 Å². The van der Waals surface area contributed by atoms with Crippen molar-refractivity contribution < 1.29 is 18.7 Å². The molecule has 1 N–H and O–H groups in total. The van der Waals surface area contributed by atoms with E-state index in [2.05, 4.69) is 4.90 Å². The number of hydrogen-bond acceptors (Lipinski definition) is 4. The average molecular weight is 305 g/mol. The molecule has 1 atom stereocenters. The van der Waals surface area contributed by atoms with Crippen LogP contribution in [0.25, 0.3) is 0 Å². The zero-order valence-electron chi connectivity index (χ0n) is 12.4. The summed E-state index contributed by atoms with van der Waals surface area (Å²) in [5, 5.41) is 9.03.